The molecule has 1 aliphatic carbocycles. The number of hydrogen-bond acceptors (Lipinski definition) is 6. The number of nitrogens with two attached hydrogens (primary N) is 1. The number of aromatic nitrogens is 3. The van der Waals surface area contributed by atoms with Gasteiger partial charge in [-0.05, 0) is 69.3 Å². The van der Waals surface area contributed by atoms with Gasteiger partial charge >= 0.3 is 0 Å². The maximum absolute atomic E-state index is 12.8. The fourth-order valence-electron chi connectivity index (χ4n) is 6.15. The van der Waals surface area contributed by atoms with Crippen LogP contribution in [0.1, 0.15) is 55.8 Å². The zero-order valence-electron chi connectivity index (χ0n) is 23.0. The fourth-order valence-corrected chi connectivity index (χ4v) is 6.15. The van der Waals surface area contributed by atoms with Crippen molar-refractivity contribution >= 4 is 17.2 Å². The summed E-state index contributed by atoms with van der Waals surface area (Å²) in [5, 5.41) is 3.18. The first kappa shape index (κ1) is 26.3. The van der Waals surface area contributed by atoms with Crippen LogP contribution in [-0.4, -0.2) is 51.4 Å². The lowest BCUT2D eigenvalue weighted by Gasteiger charge is -2.27. The highest BCUT2D eigenvalue weighted by atomic mass is 16.5. The van der Waals surface area contributed by atoms with Gasteiger partial charge in [0, 0.05) is 42.9 Å². The lowest BCUT2D eigenvalue weighted by atomic mass is 9.81. The maximum Gasteiger partial charge on any atom is 0.223 e. The molecule has 2 aromatic carbocycles. The molecule has 2 aromatic heterocycles. The molecule has 0 spiro atoms. The monoisotopic (exact) mass is 538 g/mol. The molecule has 208 valence electrons. The number of nitrogens with zero attached hydrogens (tertiary/aromatic N) is 4. The molecule has 0 bridgehead atoms. The minimum Gasteiger partial charge on any atom is -0.489 e. The maximum atomic E-state index is 12.8. The van der Waals surface area contributed by atoms with Gasteiger partial charge in [-0.15, -0.1) is 0 Å². The van der Waals surface area contributed by atoms with E-state index in [1.807, 2.05) is 48.7 Å². The van der Waals surface area contributed by atoms with Crippen LogP contribution in [0.15, 0.2) is 67.0 Å². The van der Waals surface area contributed by atoms with E-state index in [-0.39, 0.29) is 17.7 Å². The zero-order chi connectivity index (χ0) is 27.3. The Kier molecular flexibility index (Phi) is 7.95. The summed E-state index contributed by atoms with van der Waals surface area (Å²) < 4.78 is 8.18. The molecule has 0 atom stereocenters. The Morgan fingerprint density at radius 1 is 1.02 bits per heavy atom. The largest absolute Gasteiger partial charge is 0.489 e. The number of ether oxygens (including phenoxy) is 1. The van der Waals surface area contributed by atoms with Gasteiger partial charge in [0.1, 0.15) is 35.2 Å². The van der Waals surface area contributed by atoms with E-state index >= 15 is 0 Å². The lowest BCUT2D eigenvalue weighted by molar-refractivity contribution is -0.126. The van der Waals surface area contributed by atoms with Crippen molar-refractivity contribution < 1.29 is 9.53 Å². The second-order valence-corrected chi connectivity index (χ2v) is 11.0. The van der Waals surface area contributed by atoms with Crippen molar-refractivity contribution in [1.29, 1.82) is 0 Å². The number of imidazole rings is 1. The van der Waals surface area contributed by atoms with Gasteiger partial charge in [-0.3, -0.25) is 9.20 Å². The number of nitrogens with one attached hydrogen (secondary N) is 1. The van der Waals surface area contributed by atoms with Crippen molar-refractivity contribution in [1.82, 2.24) is 24.6 Å². The molecule has 8 nitrogen and oxygen atoms in total. The summed E-state index contributed by atoms with van der Waals surface area (Å²) in [6, 6.07) is 18.1. The van der Waals surface area contributed by atoms with Crippen LogP contribution in [0.2, 0.25) is 0 Å². The average Bonchev–Trinajstić information content (AvgIpc) is 3.66. The van der Waals surface area contributed by atoms with Crippen LogP contribution in [0.3, 0.4) is 0 Å². The van der Waals surface area contributed by atoms with E-state index in [2.05, 4.69) is 31.7 Å². The third kappa shape index (κ3) is 5.82. The summed E-state index contributed by atoms with van der Waals surface area (Å²) in [5.41, 5.74) is 10.1. The number of carbonyl (C=O) groups excluding carboxylic acids is 1. The highest BCUT2D eigenvalue weighted by Gasteiger charge is 2.30. The number of fused-ring (bicyclic) bond motifs is 1. The highest BCUT2D eigenvalue weighted by molar-refractivity contribution is 5.85. The molecule has 2 fully saturated rings. The molecular formula is C32H38N6O2. The molecule has 0 radical (unpaired) electrons. The first-order chi connectivity index (χ1) is 19.7. The molecule has 0 unspecified atom stereocenters. The van der Waals surface area contributed by atoms with E-state index in [0.717, 1.165) is 85.8 Å². The van der Waals surface area contributed by atoms with Gasteiger partial charge in [-0.1, -0.05) is 42.5 Å². The van der Waals surface area contributed by atoms with E-state index in [1.165, 1.54) is 12.8 Å². The third-order valence-electron chi connectivity index (χ3n) is 8.36. The van der Waals surface area contributed by atoms with Gasteiger partial charge in [0.2, 0.25) is 5.91 Å². The minimum absolute atomic E-state index is 0.0747. The molecule has 3 N–H and O–H groups in total. The molecule has 3 heterocycles. The fraction of sp³-hybridized carbons (Fsp3) is 0.406. The van der Waals surface area contributed by atoms with E-state index < -0.39 is 0 Å². The summed E-state index contributed by atoms with van der Waals surface area (Å²) in [7, 11) is 0. The van der Waals surface area contributed by atoms with Crippen molar-refractivity contribution in [2.75, 3.05) is 31.9 Å². The van der Waals surface area contributed by atoms with Crippen LogP contribution in [-0.2, 0) is 11.4 Å². The first-order valence-electron chi connectivity index (χ1n) is 14.6. The van der Waals surface area contributed by atoms with E-state index in [9.17, 15) is 4.79 Å². The number of rotatable bonds is 9. The van der Waals surface area contributed by atoms with Gasteiger partial charge in [0.05, 0.1) is 0 Å². The van der Waals surface area contributed by atoms with Crippen molar-refractivity contribution in [2.45, 2.75) is 51.0 Å². The smallest absolute Gasteiger partial charge is 0.223 e. The Labute approximate surface area is 235 Å². The Hall–Kier alpha value is -3.91. The number of anilines is 1. The SMILES string of the molecule is Nc1nccn2c(C3CCC(C(=O)NCCN4CCCC4)CC3)nc(-c3cccc(OCc4ccccc4)c3)c12. The van der Waals surface area contributed by atoms with Gasteiger partial charge in [-0.25, -0.2) is 9.97 Å². The lowest BCUT2D eigenvalue weighted by Crippen LogP contribution is -2.38. The summed E-state index contributed by atoms with van der Waals surface area (Å²) in [6.07, 6.45) is 9.81. The molecule has 1 saturated heterocycles. The predicted octanol–water partition coefficient (Wildman–Crippen LogP) is 5.04. The van der Waals surface area contributed by atoms with E-state index in [1.54, 1.807) is 6.20 Å². The second kappa shape index (κ2) is 12.1. The summed E-state index contributed by atoms with van der Waals surface area (Å²) in [6.45, 7) is 4.52. The van der Waals surface area contributed by atoms with Gasteiger partial charge < -0.3 is 20.7 Å². The Balaban J connectivity index is 1.15. The topological polar surface area (TPSA) is 97.8 Å². The average molecular weight is 539 g/mol. The number of benzene rings is 2. The Morgan fingerprint density at radius 3 is 2.62 bits per heavy atom. The minimum atomic E-state index is 0.0747. The third-order valence-corrected chi connectivity index (χ3v) is 8.36. The Morgan fingerprint density at radius 2 is 1.82 bits per heavy atom. The predicted molar refractivity (Wildman–Crippen MR) is 157 cm³/mol. The molecule has 40 heavy (non-hydrogen) atoms. The molecule has 8 heteroatoms. The second-order valence-electron chi connectivity index (χ2n) is 11.0. The van der Waals surface area contributed by atoms with Crippen molar-refractivity contribution in [3.8, 4) is 17.0 Å². The van der Waals surface area contributed by atoms with Gasteiger partial charge in [0.25, 0.3) is 0 Å². The van der Waals surface area contributed by atoms with Crippen molar-refractivity contribution in [3.05, 3.63) is 78.4 Å². The number of amides is 1. The highest BCUT2D eigenvalue weighted by Crippen LogP contribution is 2.39. The molecule has 1 aliphatic heterocycles. The summed E-state index contributed by atoms with van der Waals surface area (Å²) in [5.74, 6) is 2.76. The number of nitrogen functional groups attached to an aromatic ring is 1. The van der Waals surface area contributed by atoms with Crippen LogP contribution in [0.5, 0.6) is 5.75 Å². The van der Waals surface area contributed by atoms with E-state index in [0.29, 0.717) is 12.4 Å². The van der Waals surface area contributed by atoms with Crippen LogP contribution in [0, 0.1) is 5.92 Å². The van der Waals surface area contributed by atoms with Crippen LogP contribution < -0.4 is 15.8 Å². The van der Waals surface area contributed by atoms with Crippen LogP contribution >= 0.6 is 0 Å². The Bertz CT molecular complexity index is 1440. The first-order valence-corrected chi connectivity index (χ1v) is 14.6. The van der Waals surface area contributed by atoms with Crippen molar-refractivity contribution in [2.24, 2.45) is 5.92 Å². The van der Waals surface area contributed by atoms with Crippen molar-refractivity contribution in [3.63, 3.8) is 0 Å². The molecular weight excluding hydrogens is 500 g/mol. The van der Waals surface area contributed by atoms with Gasteiger partial charge in [-0.2, -0.15) is 0 Å². The molecule has 1 saturated carbocycles. The van der Waals surface area contributed by atoms with Crippen LogP contribution in [0.4, 0.5) is 5.82 Å². The molecule has 1 amide bonds. The molecule has 6 rings (SSSR count). The quantitative estimate of drug-likeness (QED) is 0.310. The zero-order valence-corrected chi connectivity index (χ0v) is 23.0. The van der Waals surface area contributed by atoms with Crippen LogP contribution in [0.25, 0.3) is 16.8 Å². The normalized spacial score (nSPS) is 19.6. The molecule has 2 aliphatic rings. The number of carbonyl (C=O) groups is 1. The standard InChI is InChI=1S/C32H38N6O2/c33-30-29-28(26-9-6-10-27(21-26)40-22-23-7-2-1-3-8-23)36-31(38(29)20-16-34-30)24-11-13-25(14-12-24)32(39)35-15-19-37-17-4-5-18-37/h1-3,6-10,16,20-21,24-25H,4-5,11-15,17-19,22H2,(H2,33,34)(H,35,39). The summed E-state index contributed by atoms with van der Waals surface area (Å²) >= 11 is 0. The van der Waals surface area contributed by atoms with E-state index in [4.69, 9.17) is 15.5 Å². The number of hydrogen-bond donors (Lipinski definition) is 2. The number of likely N-dealkylation sites (tertiary alicyclic amines) is 1. The van der Waals surface area contributed by atoms with Gasteiger partial charge in [0.15, 0.2) is 0 Å². The molecule has 4 aromatic rings. The summed E-state index contributed by atoms with van der Waals surface area (Å²) in [4.78, 5) is 24.8.